The molecule has 0 aromatic heterocycles. The van der Waals surface area contributed by atoms with Crippen molar-refractivity contribution in [1.82, 2.24) is 0 Å². The molecule has 1 aromatic carbocycles. The van der Waals surface area contributed by atoms with Crippen LogP contribution in [0.2, 0.25) is 0 Å². The topological polar surface area (TPSA) is 47.6 Å². The molecule has 0 spiro atoms. The highest BCUT2D eigenvalue weighted by atomic mass is 19.3. The summed E-state index contributed by atoms with van der Waals surface area (Å²) in [5.74, 6) is -1.23. The lowest BCUT2D eigenvalue weighted by Gasteiger charge is -2.19. The fourth-order valence-electron chi connectivity index (χ4n) is 1.19. The lowest BCUT2D eigenvalue weighted by atomic mass is 10.2. The van der Waals surface area contributed by atoms with E-state index in [4.69, 9.17) is 4.74 Å². The van der Waals surface area contributed by atoms with Crippen LogP contribution in [0.3, 0.4) is 0 Å². The largest absolute Gasteiger partial charge is 0.444 e. The van der Waals surface area contributed by atoms with Gasteiger partial charge in [0.2, 0.25) is 0 Å². The van der Waals surface area contributed by atoms with E-state index in [0.29, 0.717) is 0 Å². The summed E-state index contributed by atoms with van der Waals surface area (Å²) in [7, 11) is 0. The molecule has 0 saturated heterocycles. The van der Waals surface area contributed by atoms with E-state index in [-0.39, 0.29) is 11.4 Å². The first-order valence-corrected chi connectivity index (χ1v) is 5.42. The van der Waals surface area contributed by atoms with Crippen molar-refractivity contribution in [2.75, 3.05) is 5.32 Å². The minimum atomic E-state index is -3.04. The first-order chi connectivity index (χ1) is 8.67. The van der Waals surface area contributed by atoms with E-state index in [9.17, 15) is 18.0 Å². The van der Waals surface area contributed by atoms with Gasteiger partial charge in [-0.1, -0.05) is 0 Å². The summed E-state index contributed by atoms with van der Waals surface area (Å²) in [6.07, 6.45) is -0.839. The highest BCUT2D eigenvalue weighted by Crippen LogP contribution is 2.22. The van der Waals surface area contributed by atoms with Crippen molar-refractivity contribution in [1.29, 1.82) is 0 Å². The van der Waals surface area contributed by atoms with Gasteiger partial charge >= 0.3 is 12.7 Å². The molecule has 0 fully saturated rings. The molecule has 1 rings (SSSR count). The molecule has 0 saturated carbocycles. The van der Waals surface area contributed by atoms with Crippen LogP contribution in [0.1, 0.15) is 20.8 Å². The van der Waals surface area contributed by atoms with Crippen molar-refractivity contribution in [2.24, 2.45) is 0 Å². The molecule has 7 heteroatoms. The lowest BCUT2D eigenvalue weighted by Crippen LogP contribution is -2.27. The zero-order chi connectivity index (χ0) is 14.6. The van der Waals surface area contributed by atoms with Crippen molar-refractivity contribution in [2.45, 2.75) is 33.0 Å². The predicted molar refractivity (Wildman–Crippen MR) is 62.9 cm³/mol. The molecule has 0 aliphatic heterocycles. The summed E-state index contributed by atoms with van der Waals surface area (Å²) in [6.45, 7) is 1.93. The van der Waals surface area contributed by atoms with Gasteiger partial charge in [0, 0.05) is 6.07 Å². The van der Waals surface area contributed by atoms with Gasteiger partial charge < -0.3 is 9.47 Å². The maximum atomic E-state index is 13.5. The molecule has 1 amide bonds. The van der Waals surface area contributed by atoms with Crippen LogP contribution >= 0.6 is 0 Å². The van der Waals surface area contributed by atoms with E-state index in [0.717, 1.165) is 18.2 Å². The van der Waals surface area contributed by atoms with Gasteiger partial charge in [0.1, 0.15) is 11.4 Å². The number of halogens is 3. The van der Waals surface area contributed by atoms with E-state index < -0.39 is 24.1 Å². The van der Waals surface area contributed by atoms with Gasteiger partial charge in [-0.3, -0.25) is 5.32 Å². The summed E-state index contributed by atoms with van der Waals surface area (Å²) in [6, 6.07) is 2.97. The van der Waals surface area contributed by atoms with Crippen LogP contribution in [0.25, 0.3) is 0 Å². The number of rotatable bonds is 3. The summed E-state index contributed by atoms with van der Waals surface area (Å²) in [5, 5.41) is 2.17. The highest BCUT2D eigenvalue weighted by Gasteiger charge is 2.17. The maximum Gasteiger partial charge on any atom is 0.412 e. The number of benzene rings is 1. The molecule has 1 N–H and O–H groups in total. The maximum absolute atomic E-state index is 13.5. The third-order valence-electron chi connectivity index (χ3n) is 1.80. The zero-order valence-electron chi connectivity index (χ0n) is 10.7. The molecule has 19 heavy (non-hydrogen) atoms. The average molecular weight is 277 g/mol. The summed E-state index contributed by atoms with van der Waals surface area (Å²) >= 11 is 0. The van der Waals surface area contributed by atoms with Gasteiger partial charge in [-0.2, -0.15) is 8.78 Å². The Labute approximate surface area is 108 Å². The Bertz CT molecular complexity index is 458. The molecule has 1 aromatic rings. The van der Waals surface area contributed by atoms with Gasteiger partial charge in [0.15, 0.2) is 5.82 Å². The molecule has 4 nitrogen and oxygen atoms in total. The molecular weight excluding hydrogens is 263 g/mol. The second-order valence-corrected chi connectivity index (χ2v) is 4.65. The van der Waals surface area contributed by atoms with Crippen molar-refractivity contribution < 1.29 is 27.4 Å². The summed E-state index contributed by atoms with van der Waals surface area (Å²) < 4.78 is 46.3. The number of alkyl halides is 2. The van der Waals surface area contributed by atoms with Crippen LogP contribution in [0.5, 0.6) is 5.75 Å². The van der Waals surface area contributed by atoms with E-state index in [1.165, 1.54) is 0 Å². The number of amides is 1. The van der Waals surface area contributed by atoms with Crippen LogP contribution in [-0.4, -0.2) is 18.3 Å². The first-order valence-electron chi connectivity index (χ1n) is 5.42. The minimum absolute atomic E-state index is 0.184. The Morgan fingerprint density at radius 1 is 1.32 bits per heavy atom. The second kappa shape index (κ2) is 5.81. The fraction of sp³-hybridized carbons (Fsp3) is 0.417. The molecule has 0 atom stereocenters. The quantitative estimate of drug-likeness (QED) is 0.914. The predicted octanol–water partition coefficient (Wildman–Crippen LogP) is 3.77. The Balaban J connectivity index is 2.72. The van der Waals surface area contributed by atoms with Crippen molar-refractivity contribution in [3.8, 4) is 5.75 Å². The van der Waals surface area contributed by atoms with Crippen LogP contribution in [0.15, 0.2) is 18.2 Å². The van der Waals surface area contributed by atoms with Crippen LogP contribution < -0.4 is 10.1 Å². The van der Waals surface area contributed by atoms with Gasteiger partial charge in [-0.15, -0.1) is 0 Å². The number of carbonyl (C=O) groups excluding carboxylic acids is 1. The Morgan fingerprint density at radius 2 is 1.95 bits per heavy atom. The number of hydrogen-bond donors (Lipinski definition) is 1. The molecule has 0 heterocycles. The average Bonchev–Trinajstić information content (AvgIpc) is 2.18. The van der Waals surface area contributed by atoms with Crippen molar-refractivity contribution >= 4 is 11.8 Å². The zero-order valence-corrected chi connectivity index (χ0v) is 10.7. The van der Waals surface area contributed by atoms with Crippen molar-refractivity contribution in [3.05, 3.63) is 24.0 Å². The van der Waals surface area contributed by atoms with Crippen LogP contribution in [0, 0.1) is 5.82 Å². The van der Waals surface area contributed by atoms with Crippen LogP contribution in [0.4, 0.5) is 23.7 Å². The standard InChI is InChI=1S/C12H14F3NO3/c1-12(2,3)19-11(17)16-9-5-4-7(6-8(9)13)18-10(14)15/h4-6,10H,1-3H3,(H,16,17). The minimum Gasteiger partial charge on any atom is -0.444 e. The number of carbonyl (C=O) groups is 1. The summed E-state index contributed by atoms with van der Waals surface area (Å²) in [4.78, 5) is 11.4. The molecule has 0 aliphatic carbocycles. The third-order valence-corrected chi connectivity index (χ3v) is 1.80. The normalized spacial score (nSPS) is 11.3. The van der Waals surface area contributed by atoms with Gasteiger partial charge in [-0.25, -0.2) is 9.18 Å². The third kappa shape index (κ3) is 5.50. The van der Waals surface area contributed by atoms with Gasteiger partial charge in [0.05, 0.1) is 5.69 Å². The molecule has 0 aliphatic rings. The Kier molecular flexibility index (Phi) is 4.63. The molecule has 106 valence electrons. The Hall–Kier alpha value is -1.92. The molecule has 0 bridgehead atoms. The lowest BCUT2D eigenvalue weighted by molar-refractivity contribution is -0.0499. The fourth-order valence-corrected chi connectivity index (χ4v) is 1.19. The number of ether oxygens (including phenoxy) is 2. The smallest absolute Gasteiger partial charge is 0.412 e. The number of nitrogens with one attached hydrogen (secondary N) is 1. The number of anilines is 1. The second-order valence-electron chi connectivity index (χ2n) is 4.65. The monoisotopic (exact) mass is 277 g/mol. The van der Waals surface area contributed by atoms with Gasteiger partial charge in [0.25, 0.3) is 0 Å². The van der Waals surface area contributed by atoms with E-state index in [1.807, 2.05) is 0 Å². The highest BCUT2D eigenvalue weighted by molar-refractivity contribution is 5.85. The molecule has 0 radical (unpaired) electrons. The van der Waals surface area contributed by atoms with Crippen LogP contribution in [-0.2, 0) is 4.74 Å². The number of hydrogen-bond acceptors (Lipinski definition) is 3. The van der Waals surface area contributed by atoms with Crippen molar-refractivity contribution in [3.63, 3.8) is 0 Å². The SMILES string of the molecule is CC(C)(C)OC(=O)Nc1ccc(OC(F)F)cc1F. The van der Waals surface area contributed by atoms with E-state index >= 15 is 0 Å². The first kappa shape index (κ1) is 15.1. The van der Waals surface area contributed by atoms with E-state index in [2.05, 4.69) is 10.1 Å². The molecular formula is C12H14F3NO3. The van der Waals surface area contributed by atoms with Gasteiger partial charge in [-0.05, 0) is 32.9 Å². The molecule has 0 unspecified atom stereocenters. The summed E-state index contributed by atoms with van der Waals surface area (Å²) in [5.41, 5.74) is -0.907. The Morgan fingerprint density at radius 3 is 2.42 bits per heavy atom. The van der Waals surface area contributed by atoms with E-state index in [1.54, 1.807) is 20.8 Å².